The van der Waals surface area contributed by atoms with Gasteiger partial charge in [-0.15, -0.1) is 6.58 Å². The van der Waals surface area contributed by atoms with Gasteiger partial charge >= 0.3 is 0 Å². The number of aromatic nitrogens is 4. The Bertz CT molecular complexity index is 520. The van der Waals surface area contributed by atoms with E-state index in [4.69, 9.17) is 4.74 Å². The van der Waals surface area contributed by atoms with E-state index in [1.807, 2.05) is 31.2 Å². The number of tetrazole rings is 1. The average molecular weight is 259 g/mol. The molecule has 0 aliphatic heterocycles. The highest BCUT2D eigenvalue weighted by Crippen LogP contribution is 2.13. The van der Waals surface area contributed by atoms with Crippen LogP contribution < -0.4 is 10.1 Å². The van der Waals surface area contributed by atoms with E-state index in [2.05, 4.69) is 27.4 Å². The van der Waals surface area contributed by atoms with E-state index in [0.29, 0.717) is 25.6 Å². The quantitative estimate of drug-likeness (QED) is 0.769. The standard InChI is InChI=1S/C13H17N5O/c1-3-9-18-13(15-16-17-18)14-10-11-5-7-12(8-6-11)19-4-2/h3,5-8H,1,4,9-10H2,2H3,(H,14,15,17). The van der Waals surface area contributed by atoms with Crippen LogP contribution in [0.4, 0.5) is 5.95 Å². The summed E-state index contributed by atoms with van der Waals surface area (Å²) < 4.78 is 7.05. The molecule has 0 radical (unpaired) electrons. The topological polar surface area (TPSA) is 64.9 Å². The molecule has 100 valence electrons. The molecule has 0 atom stereocenters. The first-order valence-electron chi connectivity index (χ1n) is 6.16. The van der Waals surface area contributed by atoms with Crippen LogP contribution in [0.1, 0.15) is 12.5 Å². The number of benzene rings is 1. The van der Waals surface area contributed by atoms with Crippen LogP contribution >= 0.6 is 0 Å². The van der Waals surface area contributed by atoms with Crippen molar-refractivity contribution in [2.45, 2.75) is 20.0 Å². The van der Waals surface area contributed by atoms with Gasteiger partial charge in [-0.05, 0) is 35.0 Å². The first-order chi connectivity index (χ1) is 9.33. The van der Waals surface area contributed by atoms with Gasteiger partial charge in [0, 0.05) is 6.54 Å². The predicted molar refractivity (Wildman–Crippen MR) is 73.0 cm³/mol. The van der Waals surface area contributed by atoms with Gasteiger partial charge in [0.15, 0.2) is 0 Å². The Morgan fingerprint density at radius 1 is 1.37 bits per heavy atom. The van der Waals surface area contributed by atoms with Gasteiger partial charge in [0.2, 0.25) is 5.95 Å². The summed E-state index contributed by atoms with van der Waals surface area (Å²) in [5, 5.41) is 14.6. The van der Waals surface area contributed by atoms with E-state index in [-0.39, 0.29) is 0 Å². The van der Waals surface area contributed by atoms with Gasteiger partial charge in [0.25, 0.3) is 0 Å². The Hall–Kier alpha value is -2.37. The van der Waals surface area contributed by atoms with Crippen molar-refractivity contribution in [1.82, 2.24) is 20.2 Å². The molecular weight excluding hydrogens is 242 g/mol. The SMILES string of the molecule is C=CCn1nnnc1NCc1ccc(OCC)cc1. The molecule has 0 aliphatic carbocycles. The van der Waals surface area contributed by atoms with E-state index < -0.39 is 0 Å². The molecule has 0 spiro atoms. The largest absolute Gasteiger partial charge is 0.494 e. The number of anilines is 1. The van der Waals surface area contributed by atoms with Gasteiger partial charge in [-0.3, -0.25) is 0 Å². The Kier molecular flexibility index (Phi) is 4.49. The van der Waals surface area contributed by atoms with Gasteiger partial charge in [0.05, 0.1) is 13.2 Å². The third-order valence-corrected chi connectivity index (χ3v) is 2.52. The summed E-state index contributed by atoms with van der Waals surface area (Å²) in [6.07, 6.45) is 1.75. The molecule has 0 fully saturated rings. The van der Waals surface area contributed by atoms with Crippen molar-refractivity contribution in [1.29, 1.82) is 0 Å². The van der Waals surface area contributed by atoms with Crippen LogP contribution in [0.25, 0.3) is 0 Å². The molecule has 1 aromatic carbocycles. The lowest BCUT2D eigenvalue weighted by Gasteiger charge is -2.07. The molecular formula is C13H17N5O. The van der Waals surface area contributed by atoms with Gasteiger partial charge in [0.1, 0.15) is 5.75 Å². The average Bonchev–Trinajstić information content (AvgIpc) is 2.86. The van der Waals surface area contributed by atoms with Crippen molar-refractivity contribution >= 4 is 5.95 Å². The summed E-state index contributed by atoms with van der Waals surface area (Å²) in [7, 11) is 0. The van der Waals surface area contributed by atoms with Crippen molar-refractivity contribution in [2.75, 3.05) is 11.9 Å². The fourth-order valence-electron chi connectivity index (χ4n) is 1.63. The molecule has 19 heavy (non-hydrogen) atoms. The predicted octanol–water partition coefficient (Wildman–Crippen LogP) is 1.87. The van der Waals surface area contributed by atoms with E-state index >= 15 is 0 Å². The molecule has 2 aromatic rings. The molecule has 0 aliphatic rings. The number of allylic oxidation sites excluding steroid dienone is 1. The third-order valence-electron chi connectivity index (χ3n) is 2.52. The first kappa shape index (κ1) is 13.1. The molecule has 1 heterocycles. The number of nitrogens with one attached hydrogen (secondary N) is 1. The molecule has 6 heteroatoms. The second kappa shape index (κ2) is 6.53. The molecule has 1 N–H and O–H groups in total. The molecule has 0 amide bonds. The zero-order valence-corrected chi connectivity index (χ0v) is 10.9. The van der Waals surface area contributed by atoms with E-state index in [1.54, 1.807) is 10.8 Å². The number of hydrogen-bond acceptors (Lipinski definition) is 5. The lowest BCUT2D eigenvalue weighted by atomic mass is 10.2. The van der Waals surface area contributed by atoms with Gasteiger partial charge in [-0.2, -0.15) is 0 Å². The lowest BCUT2D eigenvalue weighted by molar-refractivity contribution is 0.340. The maximum Gasteiger partial charge on any atom is 0.243 e. The molecule has 0 unspecified atom stereocenters. The highest BCUT2D eigenvalue weighted by Gasteiger charge is 2.03. The zero-order chi connectivity index (χ0) is 13.5. The molecule has 0 saturated carbocycles. The van der Waals surface area contributed by atoms with E-state index in [0.717, 1.165) is 11.3 Å². The van der Waals surface area contributed by atoms with Crippen molar-refractivity contribution in [3.05, 3.63) is 42.5 Å². The molecule has 1 aromatic heterocycles. The fraction of sp³-hybridized carbons (Fsp3) is 0.308. The van der Waals surface area contributed by atoms with Gasteiger partial charge in [-0.1, -0.05) is 23.3 Å². The monoisotopic (exact) mass is 259 g/mol. The summed E-state index contributed by atoms with van der Waals surface area (Å²) in [6, 6.07) is 7.93. The summed E-state index contributed by atoms with van der Waals surface area (Å²) >= 11 is 0. The Morgan fingerprint density at radius 3 is 2.84 bits per heavy atom. The minimum Gasteiger partial charge on any atom is -0.494 e. The number of rotatable bonds is 7. The van der Waals surface area contributed by atoms with Crippen LogP contribution in [0.2, 0.25) is 0 Å². The van der Waals surface area contributed by atoms with Crippen LogP contribution in [0.15, 0.2) is 36.9 Å². The smallest absolute Gasteiger partial charge is 0.243 e. The fourth-order valence-corrected chi connectivity index (χ4v) is 1.63. The normalized spacial score (nSPS) is 10.2. The zero-order valence-electron chi connectivity index (χ0n) is 10.9. The van der Waals surface area contributed by atoms with Gasteiger partial charge < -0.3 is 10.1 Å². The maximum absolute atomic E-state index is 5.39. The number of hydrogen-bond donors (Lipinski definition) is 1. The Morgan fingerprint density at radius 2 is 2.16 bits per heavy atom. The lowest BCUT2D eigenvalue weighted by Crippen LogP contribution is -2.08. The second-order valence-electron chi connectivity index (χ2n) is 3.90. The second-order valence-corrected chi connectivity index (χ2v) is 3.90. The molecule has 0 saturated heterocycles. The molecule has 2 rings (SSSR count). The van der Waals surface area contributed by atoms with Crippen molar-refractivity contribution in [3.63, 3.8) is 0 Å². The van der Waals surface area contributed by atoms with E-state index in [9.17, 15) is 0 Å². The summed E-state index contributed by atoms with van der Waals surface area (Å²) in [5.74, 6) is 1.51. The summed E-state index contributed by atoms with van der Waals surface area (Å²) in [4.78, 5) is 0. The highest BCUT2D eigenvalue weighted by atomic mass is 16.5. The maximum atomic E-state index is 5.39. The Balaban J connectivity index is 1.94. The highest BCUT2D eigenvalue weighted by molar-refractivity contribution is 5.31. The Labute approximate surface area is 112 Å². The van der Waals surface area contributed by atoms with Crippen LogP contribution in [-0.4, -0.2) is 26.8 Å². The summed E-state index contributed by atoms with van der Waals surface area (Å²) in [6.45, 7) is 7.54. The van der Waals surface area contributed by atoms with E-state index in [1.165, 1.54) is 0 Å². The minimum absolute atomic E-state index is 0.582. The van der Waals surface area contributed by atoms with Crippen molar-refractivity contribution < 1.29 is 4.74 Å². The number of ether oxygens (including phenoxy) is 1. The van der Waals surface area contributed by atoms with Crippen molar-refractivity contribution in [2.24, 2.45) is 0 Å². The minimum atomic E-state index is 0.582. The number of nitrogens with zero attached hydrogens (tertiary/aromatic N) is 4. The van der Waals surface area contributed by atoms with Gasteiger partial charge in [-0.25, -0.2) is 4.68 Å². The van der Waals surface area contributed by atoms with Crippen LogP contribution in [-0.2, 0) is 13.1 Å². The van der Waals surface area contributed by atoms with Crippen LogP contribution in [0, 0.1) is 0 Å². The van der Waals surface area contributed by atoms with Crippen LogP contribution in [0.3, 0.4) is 0 Å². The summed E-state index contributed by atoms with van der Waals surface area (Å²) in [5.41, 5.74) is 1.14. The molecule has 6 nitrogen and oxygen atoms in total. The molecule has 0 bridgehead atoms. The first-order valence-corrected chi connectivity index (χ1v) is 6.16. The third kappa shape index (κ3) is 3.54. The van der Waals surface area contributed by atoms with Crippen LogP contribution in [0.5, 0.6) is 5.75 Å². The van der Waals surface area contributed by atoms with Crippen molar-refractivity contribution in [3.8, 4) is 5.75 Å².